The lowest BCUT2D eigenvalue weighted by Crippen LogP contribution is -2.42. The molecular weight excluding hydrogens is 608 g/mol. The number of hydrogen-bond donors (Lipinski definition) is 2. The number of carbonyl (C=O) groups excluding carboxylic acids is 3. The summed E-state index contributed by atoms with van der Waals surface area (Å²) in [6.45, 7) is 10.2. The standard InChI is InChI=1S/C24H28N4O5.C9H8N2O3/c1-24(2,3)33-23(30)27-13-5-7-18(15-27)16-9-11-19(12-10-16)26-14-17-6-4-8-20(22(25)29)21(17)28(31)32;1-2-6-4-3-5-7(9(10)12)8(6)11(13)14/h4,6,8-12,14,18H,5,7,13,15H2,1-3H3,(H2,25,29);2-5H,1H2,(H2,10,12)/t18-;/m1./s1. The van der Waals surface area contributed by atoms with E-state index < -0.39 is 27.3 Å². The minimum Gasteiger partial charge on any atom is -0.444 e. The van der Waals surface area contributed by atoms with Gasteiger partial charge in [0.05, 0.1) is 26.7 Å². The number of nitro groups is 2. The number of ether oxygens (including phenoxy) is 1. The molecule has 4 N–H and O–H groups in total. The summed E-state index contributed by atoms with van der Waals surface area (Å²) in [5.41, 5.74) is 11.0. The lowest BCUT2D eigenvalue weighted by atomic mass is 9.91. The number of nitro benzene ring substituents is 2. The van der Waals surface area contributed by atoms with Gasteiger partial charge in [-0.1, -0.05) is 36.9 Å². The average molecular weight is 645 g/mol. The van der Waals surface area contributed by atoms with Crippen LogP contribution < -0.4 is 11.5 Å². The normalized spacial score (nSPS) is 14.4. The van der Waals surface area contributed by atoms with Gasteiger partial charge < -0.3 is 21.1 Å². The van der Waals surface area contributed by atoms with Gasteiger partial charge in [0.15, 0.2) is 0 Å². The number of likely N-dealkylation sites (tertiary alicyclic amines) is 1. The van der Waals surface area contributed by atoms with Gasteiger partial charge in [-0.25, -0.2) is 4.79 Å². The quantitative estimate of drug-likeness (QED) is 0.171. The fourth-order valence-corrected chi connectivity index (χ4v) is 4.91. The number of piperidine rings is 1. The molecule has 1 aliphatic heterocycles. The van der Waals surface area contributed by atoms with Crippen LogP contribution in [-0.4, -0.2) is 57.6 Å². The first-order valence-electron chi connectivity index (χ1n) is 14.5. The summed E-state index contributed by atoms with van der Waals surface area (Å²) in [6, 6.07) is 16.2. The number of amides is 3. The Kier molecular flexibility index (Phi) is 11.6. The summed E-state index contributed by atoms with van der Waals surface area (Å²) < 4.78 is 5.50. The lowest BCUT2D eigenvalue weighted by Gasteiger charge is -2.34. The third kappa shape index (κ3) is 9.53. The molecule has 246 valence electrons. The number of hydrogen-bond acceptors (Lipinski definition) is 9. The SMILES string of the molecule is C=Cc1cccc(C(N)=O)c1[N+](=O)[O-].CC(C)(C)OC(=O)N1CCC[C@@H](c2ccc(N=Cc3cccc(C(N)=O)c3[N+](=O)[O-])cc2)C1. The Morgan fingerprint density at radius 1 is 0.915 bits per heavy atom. The molecular formula is C33H36N6O8. The van der Waals surface area contributed by atoms with Crippen molar-refractivity contribution in [1.82, 2.24) is 4.90 Å². The van der Waals surface area contributed by atoms with Crippen LogP contribution in [-0.2, 0) is 4.74 Å². The summed E-state index contributed by atoms with van der Waals surface area (Å²) in [6.07, 6.45) is 4.22. The monoisotopic (exact) mass is 644 g/mol. The zero-order valence-corrected chi connectivity index (χ0v) is 26.3. The minimum absolute atomic E-state index is 0.104. The number of nitrogens with two attached hydrogens (primary N) is 2. The fraction of sp³-hybridized carbons (Fsp3) is 0.273. The third-order valence-corrected chi connectivity index (χ3v) is 7.04. The number of carbonyl (C=O) groups is 3. The molecule has 14 nitrogen and oxygen atoms in total. The molecule has 47 heavy (non-hydrogen) atoms. The van der Waals surface area contributed by atoms with Crippen molar-refractivity contribution in [2.75, 3.05) is 13.1 Å². The van der Waals surface area contributed by atoms with Crippen molar-refractivity contribution in [3.8, 4) is 0 Å². The van der Waals surface area contributed by atoms with Crippen molar-refractivity contribution in [2.45, 2.75) is 45.1 Å². The van der Waals surface area contributed by atoms with E-state index in [9.17, 15) is 34.6 Å². The van der Waals surface area contributed by atoms with Crippen LogP contribution in [0.15, 0.2) is 72.2 Å². The van der Waals surface area contributed by atoms with E-state index in [1.807, 2.05) is 45.0 Å². The molecule has 3 aromatic carbocycles. The fourth-order valence-electron chi connectivity index (χ4n) is 4.91. The second-order valence-electron chi connectivity index (χ2n) is 11.5. The van der Waals surface area contributed by atoms with Crippen molar-refractivity contribution in [2.24, 2.45) is 16.5 Å². The largest absolute Gasteiger partial charge is 0.444 e. The van der Waals surface area contributed by atoms with Crippen molar-refractivity contribution in [3.63, 3.8) is 0 Å². The molecule has 0 radical (unpaired) electrons. The number of benzene rings is 3. The Morgan fingerprint density at radius 3 is 1.94 bits per heavy atom. The Hall–Kier alpha value is -5.92. The van der Waals surface area contributed by atoms with Crippen LogP contribution in [0.25, 0.3) is 6.08 Å². The number of aliphatic imine (C=N–C) groups is 1. The molecule has 0 bridgehead atoms. The maximum absolute atomic E-state index is 12.4. The predicted octanol–water partition coefficient (Wildman–Crippen LogP) is 5.90. The van der Waals surface area contributed by atoms with Crippen LogP contribution in [0.3, 0.4) is 0 Å². The first-order valence-corrected chi connectivity index (χ1v) is 14.5. The van der Waals surface area contributed by atoms with Gasteiger partial charge in [0.1, 0.15) is 16.7 Å². The molecule has 1 aliphatic rings. The molecule has 14 heteroatoms. The average Bonchev–Trinajstić information content (AvgIpc) is 3.02. The molecule has 0 aliphatic carbocycles. The second kappa shape index (κ2) is 15.4. The summed E-state index contributed by atoms with van der Waals surface area (Å²) in [5.74, 6) is -1.49. The molecule has 0 saturated carbocycles. The van der Waals surface area contributed by atoms with Crippen molar-refractivity contribution in [1.29, 1.82) is 0 Å². The van der Waals surface area contributed by atoms with Crippen molar-refractivity contribution >= 4 is 47.3 Å². The minimum atomic E-state index is -0.866. The second-order valence-corrected chi connectivity index (χ2v) is 11.5. The van der Waals surface area contributed by atoms with Crippen LogP contribution in [0, 0.1) is 20.2 Å². The summed E-state index contributed by atoms with van der Waals surface area (Å²) >= 11 is 0. The number of nitrogens with zero attached hydrogens (tertiary/aromatic N) is 4. The molecule has 4 rings (SSSR count). The Balaban J connectivity index is 0.000000358. The van der Waals surface area contributed by atoms with Gasteiger partial charge in [-0.05, 0) is 75.6 Å². The van der Waals surface area contributed by atoms with E-state index in [1.165, 1.54) is 48.7 Å². The third-order valence-electron chi connectivity index (χ3n) is 7.04. The highest BCUT2D eigenvalue weighted by atomic mass is 16.6. The van der Waals surface area contributed by atoms with Crippen LogP contribution >= 0.6 is 0 Å². The first kappa shape index (κ1) is 35.6. The molecule has 1 saturated heterocycles. The lowest BCUT2D eigenvalue weighted by molar-refractivity contribution is -0.385. The molecule has 1 fully saturated rings. The predicted molar refractivity (Wildman–Crippen MR) is 177 cm³/mol. The Labute approximate surface area is 271 Å². The molecule has 3 amide bonds. The molecule has 1 heterocycles. The van der Waals surface area contributed by atoms with Crippen molar-refractivity contribution in [3.05, 3.63) is 115 Å². The maximum Gasteiger partial charge on any atom is 0.410 e. The van der Waals surface area contributed by atoms with E-state index >= 15 is 0 Å². The van der Waals surface area contributed by atoms with Gasteiger partial charge in [-0.15, -0.1) is 0 Å². The topological polar surface area (TPSA) is 214 Å². The number of rotatable bonds is 8. The Bertz CT molecular complexity index is 1710. The van der Waals surface area contributed by atoms with E-state index in [0.29, 0.717) is 18.8 Å². The van der Waals surface area contributed by atoms with Gasteiger partial charge in [0, 0.05) is 25.2 Å². The first-order chi connectivity index (χ1) is 22.1. The highest BCUT2D eigenvalue weighted by Gasteiger charge is 2.28. The molecule has 0 spiro atoms. The van der Waals surface area contributed by atoms with Crippen LogP contribution in [0.4, 0.5) is 21.9 Å². The van der Waals surface area contributed by atoms with E-state index in [2.05, 4.69) is 11.6 Å². The number of primary amides is 2. The summed E-state index contributed by atoms with van der Waals surface area (Å²) in [5, 5.41) is 22.1. The number of para-hydroxylation sites is 2. The van der Waals surface area contributed by atoms with Gasteiger partial charge >= 0.3 is 6.09 Å². The molecule has 3 aromatic rings. The van der Waals surface area contributed by atoms with Gasteiger partial charge in [0.2, 0.25) is 0 Å². The zero-order chi connectivity index (χ0) is 34.9. The summed E-state index contributed by atoms with van der Waals surface area (Å²) in [4.78, 5) is 61.7. The summed E-state index contributed by atoms with van der Waals surface area (Å²) in [7, 11) is 0. The van der Waals surface area contributed by atoms with E-state index in [4.69, 9.17) is 16.2 Å². The maximum atomic E-state index is 12.4. The smallest absolute Gasteiger partial charge is 0.410 e. The highest BCUT2D eigenvalue weighted by molar-refractivity contribution is 6.01. The van der Waals surface area contributed by atoms with E-state index in [-0.39, 0.29) is 45.6 Å². The van der Waals surface area contributed by atoms with Crippen LogP contribution in [0.5, 0.6) is 0 Å². The van der Waals surface area contributed by atoms with Gasteiger partial charge in [0.25, 0.3) is 23.2 Å². The van der Waals surface area contributed by atoms with E-state index in [0.717, 1.165) is 18.4 Å². The zero-order valence-electron chi connectivity index (χ0n) is 26.3. The van der Waals surface area contributed by atoms with Gasteiger partial charge in [-0.3, -0.25) is 34.8 Å². The Morgan fingerprint density at radius 2 is 1.45 bits per heavy atom. The van der Waals surface area contributed by atoms with Crippen molar-refractivity contribution < 1.29 is 29.0 Å². The van der Waals surface area contributed by atoms with Gasteiger partial charge in [-0.2, -0.15) is 0 Å². The molecule has 0 aromatic heterocycles. The highest BCUT2D eigenvalue weighted by Crippen LogP contribution is 2.30. The molecule has 1 atom stereocenters. The van der Waals surface area contributed by atoms with Crippen LogP contribution in [0.2, 0.25) is 0 Å². The van der Waals surface area contributed by atoms with E-state index in [1.54, 1.807) is 4.90 Å². The van der Waals surface area contributed by atoms with Crippen LogP contribution in [0.1, 0.15) is 76.9 Å². The molecule has 0 unspecified atom stereocenters.